The van der Waals surface area contributed by atoms with Crippen LogP contribution in [0.2, 0.25) is 5.02 Å². The van der Waals surface area contributed by atoms with E-state index >= 15 is 0 Å². The number of nitrogens with zero attached hydrogens (tertiary/aromatic N) is 2. The summed E-state index contributed by atoms with van der Waals surface area (Å²) in [5.74, 6) is -0.817. The molecular weight excluding hydrogens is 594 g/mol. The molecule has 1 N–H and O–H groups in total. The number of sulfonamides is 1. The van der Waals surface area contributed by atoms with Crippen LogP contribution in [0.5, 0.6) is 0 Å². The molecule has 0 saturated carbocycles. The van der Waals surface area contributed by atoms with E-state index < -0.39 is 28.5 Å². The number of hydrogen-bond donors (Lipinski definition) is 1. The molecule has 0 unspecified atom stereocenters. The number of carbonyl (C=O) groups excluding carboxylic acids is 2. The average Bonchev–Trinajstić information content (AvgIpc) is 2.99. The first kappa shape index (κ1) is 32.8. The summed E-state index contributed by atoms with van der Waals surface area (Å²) < 4.78 is 29.4. The topological polar surface area (TPSA) is 86.8 Å². The Morgan fingerprint density at radius 1 is 0.795 bits per heavy atom. The summed E-state index contributed by atoms with van der Waals surface area (Å²) in [4.78, 5) is 29.8. The fourth-order valence-electron chi connectivity index (χ4n) is 5.00. The lowest BCUT2D eigenvalue weighted by atomic mass is 10.0. The number of rotatable bonds is 12. The molecule has 0 spiro atoms. The second-order valence-electron chi connectivity index (χ2n) is 11.1. The minimum absolute atomic E-state index is 0.00166. The lowest BCUT2D eigenvalue weighted by Gasteiger charge is -2.34. The second kappa shape index (κ2) is 14.6. The molecule has 4 aromatic carbocycles. The first-order valence-electron chi connectivity index (χ1n) is 14.5. The quantitative estimate of drug-likeness (QED) is 0.198. The van der Waals surface area contributed by atoms with Crippen molar-refractivity contribution in [2.24, 2.45) is 0 Å². The van der Waals surface area contributed by atoms with Gasteiger partial charge in [0.15, 0.2) is 0 Å². The third kappa shape index (κ3) is 8.07. The van der Waals surface area contributed by atoms with Crippen LogP contribution in [0.15, 0.2) is 108 Å². The number of nitrogens with one attached hydrogen (secondary N) is 1. The van der Waals surface area contributed by atoms with E-state index in [9.17, 15) is 18.0 Å². The monoisotopic (exact) mass is 631 g/mol. The molecule has 0 radical (unpaired) electrons. The number of anilines is 1. The molecule has 7 nitrogen and oxygen atoms in total. The third-order valence-electron chi connectivity index (χ3n) is 7.37. The highest BCUT2D eigenvalue weighted by Crippen LogP contribution is 2.28. The summed E-state index contributed by atoms with van der Waals surface area (Å²) in [5.41, 5.74) is 3.75. The number of hydrogen-bond acceptors (Lipinski definition) is 4. The van der Waals surface area contributed by atoms with Gasteiger partial charge in [-0.3, -0.25) is 13.9 Å². The van der Waals surface area contributed by atoms with Crippen molar-refractivity contribution >= 4 is 39.1 Å². The minimum Gasteiger partial charge on any atom is -0.352 e. The maximum atomic E-state index is 14.5. The van der Waals surface area contributed by atoms with Gasteiger partial charge in [0.05, 0.1) is 10.6 Å². The Morgan fingerprint density at radius 2 is 1.39 bits per heavy atom. The van der Waals surface area contributed by atoms with Crippen LogP contribution in [-0.2, 0) is 32.6 Å². The highest BCUT2D eigenvalue weighted by molar-refractivity contribution is 7.92. The summed E-state index contributed by atoms with van der Waals surface area (Å²) in [5, 5.41) is 3.37. The van der Waals surface area contributed by atoms with E-state index in [2.05, 4.69) is 5.32 Å². The number of benzene rings is 4. The van der Waals surface area contributed by atoms with Crippen LogP contribution in [-0.4, -0.2) is 43.8 Å². The zero-order valence-corrected chi connectivity index (χ0v) is 27.0. The molecular formula is C35H38ClN3O4S. The number of aryl methyl sites for hydroxylation is 2. The predicted molar refractivity (Wildman–Crippen MR) is 176 cm³/mol. The molecule has 4 aromatic rings. The van der Waals surface area contributed by atoms with E-state index in [1.165, 1.54) is 29.2 Å². The van der Waals surface area contributed by atoms with E-state index in [-0.39, 0.29) is 29.8 Å². The highest BCUT2D eigenvalue weighted by atomic mass is 35.5. The Bertz CT molecular complexity index is 1690. The van der Waals surface area contributed by atoms with Gasteiger partial charge in [0.25, 0.3) is 10.0 Å². The summed E-state index contributed by atoms with van der Waals surface area (Å²) in [6.45, 7) is 7.08. The molecule has 2 amide bonds. The summed E-state index contributed by atoms with van der Waals surface area (Å²) in [7, 11) is -4.20. The van der Waals surface area contributed by atoms with Crippen LogP contribution in [0, 0.1) is 13.8 Å². The van der Waals surface area contributed by atoms with Gasteiger partial charge in [-0.25, -0.2) is 8.42 Å². The number of para-hydroxylation sites is 1. The normalized spacial score (nSPS) is 12.0. The van der Waals surface area contributed by atoms with Crippen molar-refractivity contribution in [1.29, 1.82) is 0 Å². The smallest absolute Gasteiger partial charge is 0.264 e. The van der Waals surface area contributed by atoms with Gasteiger partial charge < -0.3 is 10.2 Å². The van der Waals surface area contributed by atoms with Gasteiger partial charge in [0.1, 0.15) is 12.6 Å². The Kier molecular flexibility index (Phi) is 10.8. The first-order valence-corrected chi connectivity index (χ1v) is 16.3. The van der Waals surface area contributed by atoms with Gasteiger partial charge in [-0.2, -0.15) is 0 Å². The van der Waals surface area contributed by atoms with Gasteiger partial charge in [0.2, 0.25) is 11.8 Å². The van der Waals surface area contributed by atoms with Crippen LogP contribution in [0.4, 0.5) is 5.69 Å². The second-order valence-corrected chi connectivity index (χ2v) is 13.4. The number of halogens is 1. The van der Waals surface area contributed by atoms with Gasteiger partial charge in [-0.05, 0) is 80.3 Å². The fourth-order valence-corrected chi connectivity index (χ4v) is 6.60. The van der Waals surface area contributed by atoms with E-state index in [1.54, 1.807) is 25.1 Å². The molecule has 0 bridgehead atoms. The maximum Gasteiger partial charge on any atom is 0.264 e. The third-order valence-corrected chi connectivity index (χ3v) is 9.39. The molecule has 0 heterocycles. The summed E-state index contributed by atoms with van der Waals surface area (Å²) in [6.07, 6.45) is 0.255. The lowest BCUT2D eigenvalue weighted by molar-refractivity contribution is -0.140. The summed E-state index contributed by atoms with van der Waals surface area (Å²) in [6, 6.07) is 29.0. The van der Waals surface area contributed by atoms with Crippen molar-refractivity contribution in [2.75, 3.05) is 10.8 Å². The Balaban J connectivity index is 1.82. The van der Waals surface area contributed by atoms with Crippen LogP contribution in [0.3, 0.4) is 0 Å². The molecule has 0 aliphatic heterocycles. The molecule has 4 rings (SSSR count). The van der Waals surface area contributed by atoms with Crippen LogP contribution in [0.25, 0.3) is 0 Å². The standard InChI is InChI=1S/C35H38ClN3O4S/c1-25(2)37-35(41)33(22-28-14-6-5-7-15-28)38(23-29-16-10-8-12-26(29)3)34(40)24-39(32-17-11-9-13-27(32)4)44(42,43)31-20-18-30(36)19-21-31/h5-21,25,33H,22-24H2,1-4H3,(H,37,41)/t33-/m0/s1. The molecule has 9 heteroatoms. The van der Waals surface area contributed by atoms with Crippen LogP contribution >= 0.6 is 11.6 Å². The largest absolute Gasteiger partial charge is 0.352 e. The highest BCUT2D eigenvalue weighted by Gasteiger charge is 2.35. The molecule has 0 aromatic heterocycles. The lowest BCUT2D eigenvalue weighted by Crippen LogP contribution is -2.54. The van der Waals surface area contributed by atoms with Crippen molar-refractivity contribution in [3.63, 3.8) is 0 Å². The van der Waals surface area contributed by atoms with Crippen LogP contribution in [0.1, 0.15) is 36.1 Å². The molecule has 0 saturated heterocycles. The van der Waals surface area contributed by atoms with E-state index in [4.69, 9.17) is 11.6 Å². The maximum absolute atomic E-state index is 14.5. The van der Waals surface area contributed by atoms with Gasteiger partial charge in [-0.15, -0.1) is 0 Å². The number of amides is 2. The fraction of sp³-hybridized carbons (Fsp3) is 0.257. The van der Waals surface area contributed by atoms with Crippen molar-refractivity contribution < 1.29 is 18.0 Å². The van der Waals surface area contributed by atoms with Crippen molar-refractivity contribution in [3.8, 4) is 0 Å². The van der Waals surface area contributed by atoms with Crippen LogP contribution < -0.4 is 9.62 Å². The molecule has 0 fully saturated rings. The number of carbonyl (C=O) groups is 2. The molecule has 0 aliphatic carbocycles. The van der Waals surface area contributed by atoms with Crippen molar-refractivity contribution in [2.45, 2.75) is 57.6 Å². The molecule has 230 valence electrons. The van der Waals surface area contributed by atoms with E-state index in [1.807, 2.05) is 81.4 Å². The van der Waals surface area contributed by atoms with Gasteiger partial charge in [0, 0.05) is 24.0 Å². The summed E-state index contributed by atoms with van der Waals surface area (Å²) >= 11 is 6.06. The molecule has 0 aliphatic rings. The Labute approximate surface area is 265 Å². The minimum atomic E-state index is -4.20. The van der Waals surface area contributed by atoms with Crippen molar-refractivity contribution in [1.82, 2.24) is 10.2 Å². The average molecular weight is 632 g/mol. The molecule has 44 heavy (non-hydrogen) atoms. The van der Waals surface area contributed by atoms with Crippen molar-refractivity contribution in [3.05, 3.63) is 130 Å². The van der Waals surface area contributed by atoms with E-state index in [0.717, 1.165) is 21.0 Å². The zero-order valence-electron chi connectivity index (χ0n) is 25.4. The predicted octanol–water partition coefficient (Wildman–Crippen LogP) is 6.32. The Hall–Kier alpha value is -4.14. The Morgan fingerprint density at radius 3 is 2.00 bits per heavy atom. The SMILES string of the molecule is Cc1ccccc1CN(C(=O)CN(c1ccccc1C)S(=O)(=O)c1ccc(Cl)cc1)[C@@H](Cc1ccccc1)C(=O)NC(C)C. The zero-order chi connectivity index (χ0) is 31.9. The van der Waals surface area contributed by atoms with Gasteiger partial charge in [-0.1, -0.05) is 84.4 Å². The van der Waals surface area contributed by atoms with E-state index in [0.29, 0.717) is 16.3 Å². The first-order chi connectivity index (χ1) is 21.0. The molecule has 1 atom stereocenters. The van der Waals surface area contributed by atoms with Gasteiger partial charge >= 0.3 is 0 Å².